The van der Waals surface area contributed by atoms with Crippen LogP contribution in [0.3, 0.4) is 0 Å². The SMILES string of the molecule is O=C(COC(=O)C1c2ccccc2Oc2ccccc21)Nc1c(F)cccc1F. The molecule has 1 aliphatic rings. The Bertz CT molecular complexity index is 1030. The number of para-hydroxylation sites is 3. The predicted octanol–water partition coefficient (Wildman–Crippen LogP) is 4.38. The van der Waals surface area contributed by atoms with Gasteiger partial charge in [-0.05, 0) is 24.3 Å². The van der Waals surface area contributed by atoms with E-state index in [2.05, 4.69) is 5.32 Å². The van der Waals surface area contributed by atoms with Gasteiger partial charge in [-0.15, -0.1) is 0 Å². The van der Waals surface area contributed by atoms with Crippen LogP contribution in [-0.4, -0.2) is 18.5 Å². The number of hydrogen-bond acceptors (Lipinski definition) is 4. The molecule has 1 N–H and O–H groups in total. The second-order valence-electron chi connectivity index (χ2n) is 6.36. The summed E-state index contributed by atoms with van der Waals surface area (Å²) in [6.45, 7) is -0.686. The maximum Gasteiger partial charge on any atom is 0.318 e. The number of anilines is 1. The monoisotopic (exact) mass is 395 g/mol. The van der Waals surface area contributed by atoms with Crippen molar-refractivity contribution in [3.05, 3.63) is 89.5 Å². The van der Waals surface area contributed by atoms with Gasteiger partial charge in [0.05, 0.1) is 0 Å². The summed E-state index contributed by atoms with van der Waals surface area (Å²) >= 11 is 0. The largest absolute Gasteiger partial charge is 0.457 e. The van der Waals surface area contributed by atoms with Gasteiger partial charge < -0.3 is 14.8 Å². The fraction of sp³-hybridized carbons (Fsp3) is 0.0909. The smallest absolute Gasteiger partial charge is 0.318 e. The average molecular weight is 395 g/mol. The lowest BCUT2D eigenvalue weighted by molar-refractivity contribution is -0.148. The molecule has 3 aromatic carbocycles. The number of rotatable bonds is 4. The maximum absolute atomic E-state index is 13.7. The van der Waals surface area contributed by atoms with Crippen LogP contribution in [0, 0.1) is 11.6 Å². The van der Waals surface area contributed by atoms with Crippen molar-refractivity contribution in [2.75, 3.05) is 11.9 Å². The van der Waals surface area contributed by atoms with Gasteiger partial charge in [-0.3, -0.25) is 9.59 Å². The maximum atomic E-state index is 13.7. The lowest BCUT2D eigenvalue weighted by Crippen LogP contribution is -2.26. The first kappa shape index (κ1) is 18.6. The summed E-state index contributed by atoms with van der Waals surface area (Å²) in [5.74, 6) is -3.10. The summed E-state index contributed by atoms with van der Waals surface area (Å²) in [4.78, 5) is 24.9. The van der Waals surface area contributed by atoms with Crippen molar-refractivity contribution < 1.29 is 27.8 Å². The highest BCUT2D eigenvalue weighted by molar-refractivity contribution is 5.94. The normalized spacial score (nSPS) is 12.3. The molecule has 0 unspecified atom stereocenters. The van der Waals surface area contributed by atoms with Crippen LogP contribution in [-0.2, 0) is 14.3 Å². The molecule has 4 rings (SSSR count). The molecule has 146 valence electrons. The molecule has 1 amide bonds. The number of carbonyl (C=O) groups is 2. The van der Waals surface area contributed by atoms with E-state index in [0.29, 0.717) is 22.6 Å². The van der Waals surface area contributed by atoms with Crippen molar-refractivity contribution in [2.45, 2.75) is 5.92 Å². The van der Waals surface area contributed by atoms with Crippen molar-refractivity contribution in [3.8, 4) is 11.5 Å². The van der Waals surface area contributed by atoms with E-state index < -0.39 is 41.7 Å². The summed E-state index contributed by atoms with van der Waals surface area (Å²) < 4.78 is 38.3. The topological polar surface area (TPSA) is 64.6 Å². The third-order valence-electron chi connectivity index (χ3n) is 4.49. The zero-order valence-corrected chi connectivity index (χ0v) is 15.0. The van der Waals surface area contributed by atoms with Crippen LogP contribution in [0.2, 0.25) is 0 Å². The summed E-state index contributed by atoms with van der Waals surface area (Å²) in [7, 11) is 0. The average Bonchev–Trinajstić information content (AvgIpc) is 2.73. The highest BCUT2D eigenvalue weighted by atomic mass is 19.1. The number of halogens is 2. The Labute approximate surface area is 164 Å². The third-order valence-corrected chi connectivity index (χ3v) is 4.49. The van der Waals surface area contributed by atoms with Gasteiger partial charge in [-0.1, -0.05) is 42.5 Å². The van der Waals surface area contributed by atoms with Crippen molar-refractivity contribution in [2.24, 2.45) is 0 Å². The van der Waals surface area contributed by atoms with Gasteiger partial charge in [0, 0.05) is 11.1 Å². The molecule has 0 saturated heterocycles. The molecular formula is C22H15F2NO4. The molecule has 1 heterocycles. The Morgan fingerprint density at radius 1 is 0.862 bits per heavy atom. The second-order valence-corrected chi connectivity index (χ2v) is 6.36. The van der Waals surface area contributed by atoms with Crippen LogP contribution in [0.15, 0.2) is 66.7 Å². The first-order valence-electron chi connectivity index (χ1n) is 8.81. The van der Waals surface area contributed by atoms with Crippen molar-refractivity contribution in [1.82, 2.24) is 0 Å². The first-order chi connectivity index (χ1) is 14.0. The lowest BCUT2D eigenvalue weighted by Gasteiger charge is -2.26. The van der Waals surface area contributed by atoms with Crippen molar-refractivity contribution in [1.29, 1.82) is 0 Å². The molecule has 0 atom stereocenters. The summed E-state index contributed by atoms with van der Waals surface area (Å²) in [5, 5.41) is 2.08. The third kappa shape index (κ3) is 3.67. The zero-order valence-electron chi connectivity index (χ0n) is 15.0. The van der Waals surface area contributed by atoms with E-state index >= 15 is 0 Å². The molecule has 0 saturated carbocycles. The minimum atomic E-state index is -0.919. The highest BCUT2D eigenvalue weighted by Crippen LogP contribution is 2.44. The quantitative estimate of drug-likeness (QED) is 0.666. The van der Waals surface area contributed by atoms with Crippen LogP contribution < -0.4 is 10.1 Å². The predicted molar refractivity (Wildman–Crippen MR) is 101 cm³/mol. The summed E-state index contributed by atoms with van der Waals surface area (Å²) in [5.41, 5.74) is 0.629. The molecule has 0 aliphatic carbocycles. The van der Waals surface area contributed by atoms with Crippen molar-refractivity contribution in [3.63, 3.8) is 0 Å². The van der Waals surface area contributed by atoms with Crippen LogP contribution in [0.1, 0.15) is 17.0 Å². The molecule has 0 aromatic heterocycles. The number of amides is 1. The fourth-order valence-corrected chi connectivity index (χ4v) is 3.18. The lowest BCUT2D eigenvalue weighted by atomic mass is 9.88. The molecule has 0 spiro atoms. The Hall–Kier alpha value is -3.74. The Morgan fingerprint density at radius 2 is 1.41 bits per heavy atom. The van der Waals surface area contributed by atoms with Gasteiger partial charge in [0.2, 0.25) is 0 Å². The molecule has 7 heteroatoms. The van der Waals surface area contributed by atoms with Gasteiger partial charge in [-0.25, -0.2) is 8.78 Å². The molecule has 0 bridgehead atoms. The molecule has 0 radical (unpaired) electrons. The van der Waals surface area contributed by atoms with Crippen LogP contribution in [0.5, 0.6) is 11.5 Å². The molecule has 5 nitrogen and oxygen atoms in total. The van der Waals surface area contributed by atoms with Gasteiger partial charge in [-0.2, -0.15) is 0 Å². The second kappa shape index (κ2) is 7.71. The minimum absolute atomic E-state index is 0.519. The van der Waals surface area contributed by atoms with Gasteiger partial charge in [0.1, 0.15) is 34.7 Å². The van der Waals surface area contributed by atoms with Crippen molar-refractivity contribution >= 4 is 17.6 Å². The van der Waals surface area contributed by atoms with Gasteiger partial charge in [0.15, 0.2) is 6.61 Å². The number of carbonyl (C=O) groups excluding carboxylic acids is 2. The first-order valence-corrected chi connectivity index (χ1v) is 8.81. The molecule has 29 heavy (non-hydrogen) atoms. The van der Waals surface area contributed by atoms with E-state index in [9.17, 15) is 18.4 Å². The number of fused-ring (bicyclic) bond motifs is 2. The highest BCUT2D eigenvalue weighted by Gasteiger charge is 2.33. The van der Waals surface area contributed by atoms with Gasteiger partial charge >= 0.3 is 5.97 Å². The van der Waals surface area contributed by atoms with E-state index in [1.54, 1.807) is 48.5 Å². The zero-order chi connectivity index (χ0) is 20.4. The number of esters is 1. The van der Waals surface area contributed by atoms with Crippen LogP contribution in [0.25, 0.3) is 0 Å². The Balaban J connectivity index is 1.51. The fourth-order valence-electron chi connectivity index (χ4n) is 3.18. The van der Waals surface area contributed by atoms with E-state index in [-0.39, 0.29) is 0 Å². The van der Waals surface area contributed by atoms with E-state index in [1.165, 1.54) is 6.07 Å². The van der Waals surface area contributed by atoms with E-state index in [0.717, 1.165) is 12.1 Å². The number of hydrogen-bond donors (Lipinski definition) is 1. The van der Waals surface area contributed by atoms with Crippen LogP contribution in [0.4, 0.5) is 14.5 Å². The Morgan fingerprint density at radius 3 is 2.00 bits per heavy atom. The minimum Gasteiger partial charge on any atom is -0.457 e. The Kier molecular flexibility index (Phi) is 4.95. The van der Waals surface area contributed by atoms with Crippen LogP contribution >= 0.6 is 0 Å². The summed E-state index contributed by atoms with van der Waals surface area (Å²) in [6, 6.07) is 17.3. The number of benzene rings is 3. The van der Waals surface area contributed by atoms with Gasteiger partial charge in [0.25, 0.3) is 5.91 Å². The number of ether oxygens (including phenoxy) is 2. The molecule has 1 aliphatic heterocycles. The molecular weight excluding hydrogens is 380 g/mol. The summed E-state index contributed by atoms with van der Waals surface area (Å²) in [6.07, 6.45) is 0. The number of nitrogens with one attached hydrogen (secondary N) is 1. The molecule has 3 aromatic rings. The molecule has 0 fully saturated rings. The van der Waals surface area contributed by atoms with E-state index in [4.69, 9.17) is 9.47 Å². The standard InChI is InChI=1S/C22H15F2NO4/c23-15-8-5-9-16(24)21(15)25-19(26)12-28-22(27)20-13-6-1-3-10-17(13)29-18-11-4-2-7-14(18)20/h1-11,20H,12H2,(H,25,26). The van der Waals surface area contributed by atoms with E-state index in [1.807, 2.05) is 0 Å².